The van der Waals surface area contributed by atoms with Gasteiger partial charge in [-0.3, -0.25) is 0 Å². The molecule has 0 saturated heterocycles. The highest BCUT2D eigenvalue weighted by Crippen LogP contribution is 2.22. The van der Waals surface area contributed by atoms with Crippen molar-refractivity contribution in [3.8, 4) is 0 Å². The molecule has 0 aliphatic heterocycles. The zero-order valence-corrected chi connectivity index (χ0v) is 13.6. The minimum atomic E-state index is 0.736. The van der Waals surface area contributed by atoms with Gasteiger partial charge in [0.15, 0.2) is 0 Å². The number of nitrogens with zero attached hydrogens (tertiary/aromatic N) is 4. The second-order valence-electron chi connectivity index (χ2n) is 4.98. The van der Waals surface area contributed by atoms with Gasteiger partial charge in [-0.15, -0.1) is 16.4 Å². The lowest BCUT2D eigenvalue weighted by Crippen LogP contribution is -2.02. The third kappa shape index (κ3) is 3.71. The second kappa shape index (κ2) is 6.41. The first-order valence-corrected chi connectivity index (χ1v) is 8.56. The number of rotatable bonds is 5. The van der Waals surface area contributed by atoms with Gasteiger partial charge >= 0.3 is 0 Å². The van der Waals surface area contributed by atoms with Crippen molar-refractivity contribution >= 4 is 23.1 Å². The van der Waals surface area contributed by atoms with Crippen LogP contribution in [-0.4, -0.2) is 20.2 Å². The predicted octanol–water partition coefficient (Wildman–Crippen LogP) is 3.69. The Morgan fingerprint density at radius 1 is 1.19 bits per heavy atom. The van der Waals surface area contributed by atoms with E-state index in [9.17, 15) is 0 Å². The fraction of sp³-hybridized carbons (Fsp3) is 0.267. The van der Waals surface area contributed by atoms with E-state index < -0.39 is 0 Å². The van der Waals surface area contributed by atoms with Gasteiger partial charge in [-0.2, -0.15) is 0 Å². The third-order valence-corrected chi connectivity index (χ3v) is 4.92. The molecule has 0 aliphatic carbocycles. The molecule has 0 unspecified atom stereocenters. The first-order valence-electron chi connectivity index (χ1n) is 6.69. The molecule has 4 nitrogen and oxygen atoms in total. The Balaban J connectivity index is 1.69. The van der Waals surface area contributed by atoms with E-state index in [1.807, 2.05) is 10.7 Å². The summed E-state index contributed by atoms with van der Waals surface area (Å²) < 4.78 is 1.86. The molecule has 3 aromatic rings. The molecule has 21 heavy (non-hydrogen) atoms. The fourth-order valence-corrected chi connectivity index (χ4v) is 3.74. The van der Waals surface area contributed by atoms with E-state index in [0.29, 0.717) is 0 Å². The van der Waals surface area contributed by atoms with Crippen LogP contribution in [0.3, 0.4) is 0 Å². The van der Waals surface area contributed by atoms with Crippen molar-refractivity contribution in [3.05, 3.63) is 57.3 Å². The zero-order chi connectivity index (χ0) is 14.7. The van der Waals surface area contributed by atoms with Crippen LogP contribution in [0, 0.1) is 13.8 Å². The van der Waals surface area contributed by atoms with Gasteiger partial charge in [-0.05, 0) is 41.3 Å². The van der Waals surface area contributed by atoms with Crippen molar-refractivity contribution in [1.29, 1.82) is 0 Å². The molecule has 0 aliphatic rings. The summed E-state index contributed by atoms with van der Waals surface area (Å²) in [6.45, 7) is 4.99. The molecule has 0 fully saturated rings. The molecule has 1 aromatic carbocycles. The molecule has 2 heterocycles. The summed E-state index contributed by atoms with van der Waals surface area (Å²) in [5.74, 6) is 0.882. The summed E-state index contributed by atoms with van der Waals surface area (Å²) in [7, 11) is 0. The van der Waals surface area contributed by atoms with E-state index in [4.69, 9.17) is 0 Å². The minimum Gasteiger partial charge on any atom is -0.215 e. The van der Waals surface area contributed by atoms with Gasteiger partial charge < -0.3 is 0 Å². The van der Waals surface area contributed by atoms with E-state index in [1.54, 1.807) is 23.1 Å². The molecule has 0 saturated carbocycles. The van der Waals surface area contributed by atoms with Crippen molar-refractivity contribution in [1.82, 2.24) is 20.2 Å². The molecular formula is C15H16N4S2. The molecule has 0 amide bonds. The molecule has 3 rings (SSSR count). The second-order valence-corrected chi connectivity index (χ2v) is 6.96. The van der Waals surface area contributed by atoms with E-state index in [-0.39, 0.29) is 0 Å². The number of benzene rings is 1. The Kier molecular flexibility index (Phi) is 4.36. The summed E-state index contributed by atoms with van der Waals surface area (Å²) in [5, 5.41) is 14.9. The Morgan fingerprint density at radius 3 is 2.71 bits per heavy atom. The highest BCUT2D eigenvalue weighted by atomic mass is 32.2. The lowest BCUT2D eigenvalue weighted by atomic mass is 10.1. The number of hydrogen-bond acceptors (Lipinski definition) is 5. The molecule has 0 radical (unpaired) electrons. The van der Waals surface area contributed by atoms with E-state index in [2.05, 4.69) is 59.0 Å². The number of aryl methyl sites for hydroxylation is 2. The topological polar surface area (TPSA) is 43.6 Å². The first kappa shape index (κ1) is 14.3. The largest absolute Gasteiger partial charge is 0.215 e. The van der Waals surface area contributed by atoms with Crippen LogP contribution in [0.4, 0.5) is 0 Å². The minimum absolute atomic E-state index is 0.736. The van der Waals surface area contributed by atoms with Crippen LogP contribution in [0.15, 0.2) is 40.9 Å². The van der Waals surface area contributed by atoms with Crippen molar-refractivity contribution in [2.45, 2.75) is 31.3 Å². The monoisotopic (exact) mass is 316 g/mol. The maximum absolute atomic E-state index is 4.13. The molecule has 6 heteroatoms. The molecule has 2 aromatic heterocycles. The Hall–Kier alpha value is -1.66. The van der Waals surface area contributed by atoms with Crippen LogP contribution < -0.4 is 0 Å². The number of tetrazole rings is 1. The van der Waals surface area contributed by atoms with Crippen molar-refractivity contribution < 1.29 is 0 Å². The van der Waals surface area contributed by atoms with Crippen molar-refractivity contribution in [3.63, 3.8) is 0 Å². The predicted molar refractivity (Wildman–Crippen MR) is 86.7 cm³/mol. The van der Waals surface area contributed by atoms with Crippen molar-refractivity contribution in [2.75, 3.05) is 0 Å². The number of hydrogen-bond donors (Lipinski definition) is 0. The maximum Gasteiger partial charge on any atom is 0.209 e. The van der Waals surface area contributed by atoms with Crippen LogP contribution in [0.5, 0.6) is 0 Å². The van der Waals surface area contributed by atoms with Gasteiger partial charge in [0.05, 0.1) is 6.54 Å². The van der Waals surface area contributed by atoms with E-state index in [1.165, 1.54) is 21.6 Å². The normalized spacial score (nSPS) is 11.0. The van der Waals surface area contributed by atoms with Gasteiger partial charge in [0, 0.05) is 10.6 Å². The Morgan fingerprint density at radius 2 is 2.00 bits per heavy atom. The zero-order valence-electron chi connectivity index (χ0n) is 12.0. The Bertz CT molecular complexity index is 699. The van der Waals surface area contributed by atoms with Gasteiger partial charge in [-0.25, -0.2) is 4.68 Å². The van der Waals surface area contributed by atoms with Crippen LogP contribution in [-0.2, 0) is 12.3 Å². The summed E-state index contributed by atoms with van der Waals surface area (Å²) in [6.07, 6.45) is 0. The average Bonchev–Trinajstić information content (AvgIpc) is 3.08. The summed E-state index contributed by atoms with van der Waals surface area (Å²) in [4.78, 5) is 1.26. The fourth-order valence-electron chi connectivity index (χ4n) is 2.25. The van der Waals surface area contributed by atoms with E-state index in [0.717, 1.165) is 17.5 Å². The molecule has 0 spiro atoms. The molecule has 0 atom stereocenters. The van der Waals surface area contributed by atoms with Crippen molar-refractivity contribution in [2.24, 2.45) is 0 Å². The SMILES string of the molecule is Cc1cc(C)cc(CSc2nnnn2Cc2cccs2)c1. The molecular weight excluding hydrogens is 300 g/mol. The number of thioether (sulfide) groups is 1. The highest BCUT2D eigenvalue weighted by Gasteiger charge is 2.08. The summed E-state index contributed by atoms with van der Waals surface area (Å²) in [5.41, 5.74) is 3.90. The smallest absolute Gasteiger partial charge is 0.209 e. The van der Waals surface area contributed by atoms with Crippen LogP contribution in [0.1, 0.15) is 21.6 Å². The van der Waals surface area contributed by atoms with Gasteiger partial charge in [0.25, 0.3) is 0 Å². The maximum atomic E-state index is 4.13. The quantitative estimate of drug-likeness (QED) is 0.673. The molecule has 0 bridgehead atoms. The molecule has 0 N–H and O–H groups in total. The van der Waals surface area contributed by atoms with Crippen LogP contribution in [0.25, 0.3) is 0 Å². The van der Waals surface area contributed by atoms with Gasteiger partial charge in [0.1, 0.15) is 0 Å². The number of thiophene rings is 1. The summed E-state index contributed by atoms with van der Waals surface area (Å²) >= 11 is 3.40. The van der Waals surface area contributed by atoms with Crippen LogP contribution in [0.2, 0.25) is 0 Å². The molecule has 108 valence electrons. The Labute approximate surface area is 132 Å². The number of aromatic nitrogens is 4. The highest BCUT2D eigenvalue weighted by molar-refractivity contribution is 7.98. The standard InChI is InChI=1S/C15H16N4S2/c1-11-6-12(2)8-13(7-11)10-21-15-16-17-18-19(15)9-14-4-3-5-20-14/h3-8H,9-10H2,1-2H3. The van der Waals surface area contributed by atoms with Gasteiger partial charge in [-0.1, -0.05) is 47.2 Å². The van der Waals surface area contributed by atoms with E-state index >= 15 is 0 Å². The van der Waals surface area contributed by atoms with Gasteiger partial charge in [0.2, 0.25) is 5.16 Å². The first-order chi connectivity index (χ1) is 10.2. The average molecular weight is 316 g/mol. The lowest BCUT2D eigenvalue weighted by Gasteiger charge is -2.05. The van der Waals surface area contributed by atoms with Crippen LogP contribution >= 0.6 is 23.1 Å². The lowest BCUT2D eigenvalue weighted by molar-refractivity contribution is 0.608. The third-order valence-electron chi connectivity index (χ3n) is 3.03. The summed E-state index contributed by atoms with van der Waals surface area (Å²) in [6, 6.07) is 10.8.